The van der Waals surface area contributed by atoms with Crippen LogP contribution in [0.15, 0.2) is 30.3 Å². The van der Waals surface area contributed by atoms with E-state index >= 15 is 0 Å². The minimum absolute atomic E-state index is 0.390. The van der Waals surface area contributed by atoms with Crippen LogP contribution in [-0.4, -0.2) is 53.1 Å². The first-order valence-corrected chi connectivity index (χ1v) is 6.40. The van der Waals surface area contributed by atoms with Crippen LogP contribution in [-0.2, 0) is 4.79 Å². The number of benzene rings is 1. The average molecular weight is 246 g/mol. The molecule has 2 aliphatic rings. The number of nitrogens with zero attached hydrogens (tertiary/aromatic N) is 2. The molecule has 0 radical (unpaired) electrons. The second-order valence-electron chi connectivity index (χ2n) is 5.33. The van der Waals surface area contributed by atoms with E-state index < -0.39 is 12.0 Å². The molecule has 3 rings (SSSR count). The van der Waals surface area contributed by atoms with E-state index in [1.54, 1.807) is 0 Å². The Morgan fingerprint density at radius 3 is 2.50 bits per heavy atom. The lowest BCUT2D eigenvalue weighted by atomic mass is 10.0. The summed E-state index contributed by atoms with van der Waals surface area (Å²) in [4.78, 5) is 16.1. The van der Waals surface area contributed by atoms with Crippen molar-refractivity contribution in [1.29, 1.82) is 0 Å². The van der Waals surface area contributed by atoms with Crippen LogP contribution < -0.4 is 0 Å². The fraction of sp³-hybridized carbons (Fsp3) is 0.500. The van der Waals surface area contributed by atoms with Gasteiger partial charge in [0.25, 0.3) is 0 Å². The number of carboxylic acid groups (broad SMARTS) is 1. The third kappa shape index (κ3) is 1.82. The summed E-state index contributed by atoms with van der Waals surface area (Å²) in [5.74, 6) is -0.739. The van der Waals surface area contributed by atoms with Gasteiger partial charge < -0.3 is 10.0 Å². The first-order chi connectivity index (χ1) is 8.66. The van der Waals surface area contributed by atoms with Gasteiger partial charge in [0.2, 0.25) is 0 Å². The van der Waals surface area contributed by atoms with E-state index in [-0.39, 0.29) is 0 Å². The normalized spacial score (nSPS) is 29.6. The number of piperazine rings is 1. The number of rotatable bonds is 3. The molecule has 3 unspecified atom stereocenters. The summed E-state index contributed by atoms with van der Waals surface area (Å²) < 4.78 is 0. The minimum Gasteiger partial charge on any atom is -0.480 e. The predicted molar refractivity (Wildman–Crippen MR) is 68.3 cm³/mol. The second-order valence-corrected chi connectivity index (χ2v) is 5.33. The first-order valence-electron chi connectivity index (χ1n) is 6.40. The Balaban J connectivity index is 1.87. The van der Waals surface area contributed by atoms with Gasteiger partial charge in [-0.3, -0.25) is 9.69 Å². The summed E-state index contributed by atoms with van der Waals surface area (Å²) in [6.07, 6.45) is 1.10. The zero-order chi connectivity index (χ0) is 12.7. The maximum atomic E-state index is 11.6. The number of fused-ring (bicyclic) bond motifs is 2. The maximum Gasteiger partial charge on any atom is 0.325 e. The number of hydrogen-bond acceptors (Lipinski definition) is 3. The van der Waals surface area contributed by atoms with Crippen molar-refractivity contribution in [3.8, 4) is 0 Å². The van der Waals surface area contributed by atoms with E-state index in [0.717, 1.165) is 25.1 Å². The molecule has 2 heterocycles. The Hall–Kier alpha value is -1.39. The van der Waals surface area contributed by atoms with E-state index in [2.05, 4.69) is 16.8 Å². The Morgan fingerprint density at radius 2 is 2.00 bits per heavy atom. The highest BCUT2D eigenvalue weighted by atomic mass is 16.4. The van der Waals surface area contributed by atoms with Crippen LogP contribution in [0.2, 0.25) is 0 Å². The smallest absolute Gasteiger partial charge is 0.325 e. The summed E-state index contributed by atoms with van der Waals surface area (Å²) in [7, 11) is 2.13. The summed E-state index contributed by atoms with van der Waals surface area (Å²) in [5.41, 5.74) is 0.889. The fourth-order valence-corrected chi connectivity index (χ4v) is 3.32. The minimum atomic E-state index is -0.739. The number of carboxylic acids is 1. The topological polar surface area (TPSA) is 43.8 Å². The molecule has 1 N–H and O–H groups in total. The first kappa shape index (κ1) is 11.7. The molecule has 18 heavy (non-hydrogen) atoms. The van der Waals surface area contributed by atoms with Gasteiger partial charge in [0.15, 0.2) is 0 Å². The summed E-state index contributed by atoms with van der Waals surface area (Å²) in [6.45, 7) is 1.86. The molecule has 4 heteroatoms. The van der Waals surface area contributed by atoms with Crippen LogP contribution >= 0.6 is 0 Å². The molecular weight excluding hydrogens is 228 g/mol. The third-order valence-corrected chi connectivity index (χ3v) is 4.24. The van der Waals surface area contributed by atoms with Crippen molar-refractivity contribution in [2.45, 2.75) is 24.5 Å². The van der Waals surface area contributed by atoms with Gasteiger partial charge in [-0.05, 0) is 19.0 Å². The van der Waals surface area contributed by atoms with E-state index in [4.69, 9.17) is 0 Å². The molecule has 96 valence electrons. The summed E-state index contributed by atoms with van der Waals surface area (Å²) in [6, 6.07) is 9.99. The van der Waals surface area contributed by atoms with Gasteiger partial charge in [-0.2, -0.15) is 0 Å². The van der Waals surface area contributed by atoms with Gasteiger partial charge >= 0.3 is 5.97 Å². The lowest BCUT2D eigenvalue weighted by Gasteiger charge is -2.35. The van der Waals surface area contributed by atoms with E-state index in [9.17, 15) is 9.90 Å². The molecule has 0 aromatic heterocycles. The van der Waals surface area contributed by atoms with Crippen molar-refractivity contribution in [3.05, 3.63) is 35.9 Å². The highest BCUT2D eigenvalue weighted by Gasteiger charge is 2.46. The molecular formula is C14H18N2O2. The zero-order valence-corrected chi connectivity index (χ0v) is 10.5. The number of carbonyl (C=O) groups is 1. The molecule has 2 fully saturated rings. The standard InChI is InChI=1S/C14H18N2O2/c1-15-8-12-7-11(15)9-16(12)13(14(17)18)10-5-3-2-4-6-10/h2-6,11-13H,7-9H2,1H3,(H,17,18). The van der Waals surface area contributed by atoms with Crippen LogP contribution in [0.4, 0.5) is 0 Å². The van der Waals surface area contributed by atoms with Crippen molar-refractivity contribution in [1.82, 2.24) is 9.80 Å². The fourth-order valence-electron chi connectivity index (χ4n) is 3.32. The average Bonchev–Trinajstić information content (AvgIpc) is 2.89. The molecule has 2 aliphatic heterocycles. The largest absolute Gasteiger partial charge is 0.480 e. The Bertz CT molecular complexity index is 446. The van der Waals surface area contributed by atoms with Crippen LogP contribution in [0.1, 0.15) is 18.0 Å². The quantitative estimate of drug-likeness (QED) is 0.870. The van der Waals surface area contributed by atoms with Crippen molar-refractivity contribution in [3.63, 3.8) is 0 Å². The van der Waals surface area contributed by atoms with Crippen molar-refractivity contribution < 1.29 is 9.90 Å². The Kier molecular flexibility index (Phi) is 2.84. The second kappa shape index (κ2) is 4.37. The predicted octanol–water partition coefficient (Wildman–Crippen LogP) is 1.20. The molecule has 3 atom stereocenters. The molecule has 1 aromatic rings. The number of likely N-dealkylation sites (tertiary alicyclic amines) is 2. The van der Waals surface area contributed by atoms with E-state index in [0.29, 0.717) is 12.1 Å². The van der Waals surface area contributed by atoms with Crippen molar-refractivity contribution in [2.24, 2.45) is 0 Å². The highest BCUT2D eigenvalue weighted by molar-refractivity contribution is 5.75. The molecule has 4 nitrogen and oxygen atoms in total. The lowest BCUT2D eigenvalue weighted by molar-refractivity contribution is -0.144. The van der Waals surface area contributed by atoms with Gasteiger partial charge in [0, 0.05) is 25.2 Å². The SMILES string of the molecule is CN1CC2CC1CN2C(C(=O)O)c1ccccc1. The molecule has 0 amide bonds. The molecule has 2 bridgehead atoms. The number of likely N-dealkylation sites (N-methyl/N-ethyl adjacent to an activating group) is 1. The third-order valence-electron chi connectivity index (χ3n) is 4.24. The highest BCUT2D eigenvalue weighted by Crippen LogP contribution is 2.36. The number of hydrogen-bond donors (Lipinski definition) is 1. The summed E-state index contributed by atoms with van der Waals surface area (Å²) in [5, 5.41) is 9.53. The van der Waals surface area contributed by atoms with Gasteiger partial charge in [-0.1, -0.05) is 30.3 Å². The molecule has 0 saturated carbocycles. The Morgan fingerprint density at radius 1 is 1.28 bits per heavy atom. The molecule has 0 aliphatic carbocycles. The van der Waals surface area contributed by atoms with Crippen LogP contribution in [0.25, 0.3) is 0 Å². The molecule has 1 aromatic carbocycles. The van der Waals surface area contributed by atoms with Gasteiger partial charge in [0.1, 0.15) is 6.04 Å². The molecule has 2 saturated heterocycles. The van der Waals surface area contributed by atoms with Gasteiger partial charge in [-0.25, -0.2) is 0 Å². The van der Waals surface area contributed by atoms with Crippen LogP contribution in [0, 0.1) is 0 Å². The number of aliphatic carboxylic acids is 1. The van der Waals surface area contributed by atoms with Crippen molar-refractivity contribution >= 4 is 5.97 Å². The maximum absolute atomic E-state index is 11.6. The zero-order valence-electron chi connectivity index (χ0n) is 10.5. The monoisotopic (exact) mass is 246 g/mol. The van der Waals surface area contributed by atoms with E-state index in [1.165, 1.54) is 0 Å². The molecule has 0 spiro atoms. The van der Waals surface area contributed by atoms with Crippen molar-refractivity contribution in [2.75, 3.05) is 20.1 Å². The lowest BCUT2D eigenvalue weighted by Crippen LogP contribution is -2.47. The van der Waals surface area contributed by atoms with Crippen LogP contribution in [0.5, 0.6) is 0 Å². The van der Waals surface area contributed by atoms with Crippen LogP contribution in [0.3, 0.4) is 0 Å². The van der Waals surface area contributed by atoms with Gasteiger partial charge in [-0.15, -0.1) is 0 Å². The van der Waals surface area contributed by atoms with E-state index in [1.807, 2.05) is 30.3 Å². The van der Waals surface area contributed by atoms with Gasteiger partial charge in [0.05, 0.1) is 0 Å². The summed E-state index contributed by atoms with van der Waals surface area (Å²) >= 11 is 0. The Labute approximate surface area is 107 Å².